The van der Waals surface area contributed by atoms with Crippen LogP contribution >= 0.6 is 0 Å². The van der Waals surface area contributed by atoms with Crippen LogP contribution in [0.5, 0.6) is 0 Å². The molecule has 144 valence electrons. The Bertz CT molecular complexity index is 1080. The minimum atomic E-state index is -0.139. The highest BCUT2D eigenvalue weighted by Gasteiger charge is 2.29. The van der Waals surface area contributed by atoms with Gasteiger partial charge in [0.15, 0.2) is 5.76 Å². The SMILES string of the molecule is N#Cc1ccc(NC(=O)C2CCN(c3oc(-c4ccco4)nc3C#N)CC2)cc1. The molecule has 0 aliphatic carbocycles. The summed E-state index contributed by atoms with van der Waals surface area (Å²) in [5, 5.41) is 21.1. The van der Waals surface area contributed by atoms with Crippen LogP contribution in [0.25, 0.3) is 11.7 Å². The topological polar surface area (TPSA) is 119 Å². The standard InChI is InChI=1S/C21H17N5O3/c22-12-14-3-5-16(6-4-14)24-19(27)15-7-9-26(10-8-15)21-17(13-23)25-20(29-21)18-2-1-11-28-18/h1-6,11,15H,7-10H2,(H,24,27). The van der Waals surface area contributed by atoms with Gasteiger partial charge in [-0.1, -0.05) is 0 Å². The minimum absolute atomic E-state index is 0.0521. The minimum Gasteiger partial charge on any atom is -0.459 e. The number of hydrogen-bond acceptors (Lipinski definition) is 7. The lowest BCUT2D eigenvalue weighted by Gasteiger charge is -2.30. The van der Waals surface area contributed by atoms with E-state index in [2.05, 4.69) is 22.4 Å². The van der Waals surface area contributed by atoms with Gasteiger partial charge in [-0.25, -0.2) is 0 Å². The van der Waals surface area contributed by atoms with Gasteiger partial charge in [-0.2, -0.15) is 15.5 Å². The molecule has 1 N–H and O–H groups in total. The van der Waals surface area contributed by atoms with E-state index in [1.54, 1.807) is 36.4 Å². The Morgan fingerprint density at radius 2 is 1.90 bits per heavy atom. The number of amides is 1. The Hall–Kier alpha value is -4.04. The number of piperidine rings is 1. The van der Waals surface area contributed by atoms with Gasteiger partial charge in [-0.05, 0) is 49.2 Å². The number of carbonyl (C=O) groups is 1. The fourth-order valence-corrected chi connectivity index (χ4v) is 3.32. The number of benzene rings is 1. The predicted octanol–water partition coefficient (Wildman–Crippen LogP) is 3.53. The zero-order chi connectivity index (χ0) is 20.2. The molecule has 0 saturated carbocycles. The number of carbonyl (C=O) groups excluding carboxylic acids is 1. The number of nitriles is 2. The summed E-state index contributed by atoms with van der Waals surface area (Å²) in [6, 6.07) is 14.3. The molecule has 1 aromatic carbocycles. The third-order valence-electron chi connectivity index (χ3n) is 4.88. The van der Waals surface area contributed by atoms with Crippen LogP contribution in [-0.4, -0.2) is 24.0 Å². The van der Waals surface area contributed by atoms with Gasteiger partial charge in [0.1, 0.15) is 6.07 Å². The van der Waals surface area contributed by atoms with Crippen LogP contribution in [0.15, 0.2) is 51.5 Å². The maximum Gasteiger partial charge on any atom is 0.266 e. The predicted molar refractivity (Wildman–Crippen MR) is 104 cm³/mol. The molecule has 0 unspecified atom stereocenters. The van der Waals surface area contributed by atoms with Crippen molar-refractivity contribution in [2.24, 2.45) is 5.92 Å². The van der Waals surface area contributed by atoms with Crippen LogP contribution in [0, 0.1) is 28.6 Å². The Balaban J connectivity index is 1.40. The van der Waals surface area contributed by atoms with Gasteiger partial charge in [0.05, 0.1) is 17.9 Å². The van der Waals surface area contributed by atoms with Crippen molar-refractivity contribution in [1.82, 2.24) is 4.98 Å². The summed E-state index contributed by atoms with van der Waals surface area (Å²) in [6.07, 6.45) is 2.77. The number of oxazole rings is 1. The van der Waals surface area contributed by atoms with E-state index in [0.717, 1.165) is 0 Å². The molecule has 3 heterocycles. The smallest absolute Gasteiger partial charge is 0.266 e. The first-order valence-corrected chi connectivity index (χ1v) is 9.18. The number of nitrogens with one attached hydrogen (secondary N) is 1. The van der Waals surface area contributed by atoms with Gasteiger partial charge in [-0.3, -0.25) is 4.79 Å². The molecule has 3 aromatic rings. The number of nitrogens with zero attached hydrogens (tertiary/aromatic N) is 4. The molecule has 8 heteroatoms. The van der Waals surface area contributed by atoms with Gasteiger partial charge in [-0.15, -0.1) is 0 Å². The number of rotatable bonds is 4. The van der Waals surface area contributed by atoms with Crippen LogP contribution in [0.3, 0.4) is 0 Å². The van der Waals surface area contributed by atoms with Crippen molar-refractivity contribution in [2.75, 3.05) is 23.3 Å². The van der Waals surface area contributed by atoms with E-state index in [4.69, 9.17) is 14.1 Å². The van der Waals surface area contributed by atoms with Crippen molar-refractivity contribution >= 4 is 17.5 Å². The molecular weight excluding hydrogens is 370 g/mol. The largest absolute Gasteiger partial charge is 0.459 e. The van der Waals surface area contributed by atoms with Crippen molar-refractivity contribution in [1.29, 1.82) is 10.5 Å². The molecule has 2 aromatic heterocycles. The summed E-state index contributed by atoms with van der Waals surface area (Å²) in [6.45, 7) is 1.15. The molecular formula is C21H17N5O3. The molecule has 1 aliphatic rings. The van der Waals surface area contributed by atoms with Crippen LogP contribution < -0.4 is 10.2 Å². The lowest BCUT2D eigenvalue weighted by molar-refractivity contribution is -0.120. The maximum atomic E-state index is 12.6. The monoisotopic (exact) mass is 387 g/mol. The average molecular weight is 387 g/mol. The van der Waals surface area contributed by atoms with Gasteiger partial charge in [0, 0.05) is 24.7 Å². The van der Waals surface area contributed by atoms with E-state index in [9.17, 15) is 10.1 Å². The molecule has 0 atom stereocenters. The third-order valence-corrected chi connectivity index (χ3v) is 4.88. The first-order chi connectivity index (χ1) is 14.2. The second-order valence-electron chi connectivity index (χ2n) is 6.70. The van der Waals surface area contributed by atoms with E-state index in [-0.39, 0.29) is 23.4 Å². The van der Waals surface area contributed by atoms with Crippen molar-refractivity contribution in [3.8, 4) is 23.8 Å². The Morgan fingerprint density at radius 3 is 2.52 bits per heavy atom. The molecule has 1 fully saturated rings. The molecule has 1 amide bonds. The molecule has 0 spiro atoms. The van der Waals surface area contributed by atoms with Gasteiger partial charge < -0.3 is 19.1 Å². The van der Waals surface area contributed by atoms with Crippen LogP contribution in [-0.2, 0) is 4.79 Å². The summed E-state index contributed by atoms with van der Waals surface area (Å²) >= 11 is 0. The summed E-state index contributed by atoms with van der Waals surface area (Å²) in [5.41, 5.74) is 1.42. The summed E-state index contributed by atoms with van der Waals surface area (Å²) in [7, 11) is 0. The summed E-state index contributed by atoms with van der Waals surface area (Å²) in [4.78, 5) is 18.7. The first-order valence-electron chi connectivity index (χ1n) is 9.18. The first kappa shape index (κ1) is 18.3. The van der Waals surface area contributed by atoms with E-state index in [1.165, 1.54) is 6.26 Å². The summed E-state index contributed by atoms with van der Waals surface area (Å²) in [5.74, 6) is 0.945. The molecule has 8 nitrogen and oxygen atoms in total. The highest BCUT2D eigenvalue weighted by Crippen LogP contribution is 2.31. The van der Waals surface area contributed by atoms with E-state index in [0.29, 0.717) is 48.8 Å². The maximum absolute atomic E-state index is 12.6. The Labute approximate surface area is 167 Å². The normalized spacial score (nSPS) is 14.2. The van der Waals surface area contributed by atoms with E-state index >= 15 is 0 Å². The molecule has 0 bridgehead atoms. The number of aromatic nitrogens is 1. The van der Waals surface area contributed by atoms with Crippen molar-refractivity contribution in [2.45, 2.75) is 12.8 Å². The zero-order valence-corrected chi connectivity index (χ0v) is 15.5. The van der Waals surface area contributed by atoms with E-state index in [1.807, 2.05) is 4.90 Å². The highest BCUT2D eigenvalue weighted by molar-refractivity contribution is 5.92. The molecule has 0 radical (unpaired) electrons. The molecule has 1 saturated heterocycles. The number of hydrogen-bond donors (Lipinski definition) is 1. The third kappa shape index (κ3) is 3.83. The number of anilines is 2. The average Bonchev–Trinajstić information content (AvgIpc) is 3.44. The van der Waals surface area contributed by atoms with E-state index < -0.39 is 0 Å². The van der Waals surface area contributed by atoms with Gasteiger partial charge >= 0.3 is 0 Å². The van der Waals surface area contributed by atoms with Gasteiger partial charge in [0.2, 0.25) is 17.5 Å². The quantitative estimate of drug-likeness (QED) is 0.727. The van der Waals surface area contributed by atoms with Crippen LogP contribution in [0.4, 0.5) is 11.6 Å². The van der Waals surface area contributed by atoms with Crippen molar-refractivity contribution in [3.05, 3.63) is 53.9 Å². The van der Waals surface area contributed by atoms with Gasteiger partial charge in [0.25, 0.3) is 5.89 Å². The second kappa shape index (κ2) is 7.91. The fourth-order valence-electron chi connectivity index (χ4n) is 3.32. The second-order valence-corrected chi connectivity index (χ2v) is 6.70. The Morgan fingerprint density at radius 1 is 1.14 bits per heavy atom. The van der Waals surface area contributed by atoms with Crippen LogP contribution in [0.1, 0.15) is 24.1 Å². The van der Waals surface area contributed by atoms with Crippen molar-refractivity contribution in [3.63, 3.8) is 0 Å². The zero-order valence-electron chi connectivity index (χ0n) is 15.5. The van der Waals surface area contributed by atoms with Crippen molar-refractivity contribution < 1.29 is 13.6 Å². The summed E-state index contributed by atoms with van der Waals surface area (Å²) < 4.78 is 11.1. The molecule has 29 heavy (non-hydrogen) atoms. The molecule has 4 rings (SSSR count). The molecule has 1 aliphatic heterocycles. The number of furan rings is 1. The highest BCUT2D eigenvalue weighted by atomic mass is 16.4. The lowest BCUT2D eigenvalue weighted by Crippen LogP contribution is -2.38. The fraction of sp³-hybridized carbons (Fsp3) is 0.238. The van der Waals surface area contributed by atoms with Crippen LogP contribution in [0.2, 0.25) is 0 Å². The Kier molecular flexibility index (Phi) is 5.00. The lowest BCUT2D eigenvalue weighted by atomic mass is 9.95.